The minimum atomic E-state index is -0.393. The first-order chi connectivity index (χ1) is 15.8. The molecule has 0 bridgehead atoms. The van der Waals surface area contributed by atoms with Gasteiger partial charge in [-0.3, -0.25) is 4.79 Å². The van der Waals surface area contributed by atoms with Gasteiger partial charge in [0.1, 0.15) is 0 Å². The lowest BCUT2D eigenvalue weighted by molar-refractivity contribution is -0.175. The lowest BCUT2D eigenvalue weighted by atomic mass is 9.43. The Labute approximate surface area is 211 Å². The largest absolute Gasteiger partial charge is 0.465 e. The van der Waals surface area contributed by atoms with E-state index in [9.17, 15) is 9.90 Å². The SMILES string of the molecule is CC(=O)OCC1C(C)(Cl)CCC2C(C)(C)C(C(O[C@@H](C)C[C@@H](C)O)c3ccccc3)CCC12C. The molecule has 0 saturated heterocycles. The minimum Gasteiger partial charge on any atom is -0.465 e. The lowest BCUT2D eigenvalue weighted by Crippen LogP contribution is -2.59. The quantitative estimate of drug-likeness (QED) is 0.315. The van der Waals surface area contributed by atoms with Gasteiger partial charge in [-0.15, -0.1) is 11.6 Å². The number of alkyl halides is 1. The molecule has 2 fully saturated rings. The molecule has 0 amide bonds. The van der Waals surface area contributed by atoms with Crippen LogP contribution in [-0.4, -0.2) is 34.8 Å². The standard InChI is InChI=1S/C29H45ClO4/c1-19(31)17-20(2)34-26(22-11-9-8-10-12-22)23-13-15-28(6)24(27(23,4)5)14-16-29(7,30)25(28)18-33-21(3)32/h8-12,19-20,23-26,31H,13-18H2,1-7H3/t19-,20+,23?,24?,25?,26?,28?,29?/m1/s1. The van der Waals surface area contributed by atoms with E-state index in [1.165, 1.54) is 12.5 Å². The first-order valence-corrected chi connectivity index (χ1v) is 13.4. The van der Waals surface area contributed by atoms with Crippen LogP contribution >= 0.6 is 11.6 Å². The molecule has 0 radical (unpaired) electrons. The summed E-state index contributed by atoms with van der Waals surface area (Å²) in [7, 11) is 0. The minimum absolute atomic E-state index is 0.0000781. The van der Waals surface area contributed by atoms with Crippen LogP contribution < -0.4 is 0 Å². The zero-order valence-corrected chi connectivity index (χ0v) is 22.9. The molecule has 0 aromatic heterocycles. The lowest BCUT2D eigenvalue weighted by Gasteiger charge is -2.63. The Bertz CT molecular complexity index is 821. The summed E-state index contributed by atoms with van der Waals surface area (Å²) in [6, 6.07) is 10.6. The molecular weight excluding hydrogens is 448 g/mol. The average molecular weight is 493 g/mol. The number of esters is 1. The zero-order chi connectivity index (χ0) is 25.3. The monoisotopic (exact) mass is 492 g/mol. The zero-order valence-electron chi connectivity index (χ0n) is 22.1. The Hall–Kier alpha value is -1.10. The molecule has 6 unspecified atom stereocenters. The van der Waals surface area contributed by atoms with Crippen molar-refractivity contribution in [1.29, 1.82) is 0 Å². The number of ether oxygens (including phenoxy) is 2. The summed E-state index contributed by atoms with van der Waals surface area (Å²) < 4.78 is 12.3. The molecule has 0 spiro atoms. The fraction of sp³-hybridized carbons (Fsp3) is 0.759. The molecule has 34 heavy (non-hydrogen) atoms. The van der Waals surface area contributed by atoms with Crippen LogP contribution in [0.15, 0.2) is 30.3 Å². The van der Waals surface area contributed by atoms with Gasteiger partial charge < -0.3 is 14.6 Å². The van der Waals surface area contributed by atoms with Gasteiger partial charge in [-0.1, -0.05) is 51.1 Å². The highest BCUT2D eigenvalue weighted by molar-refractivity contribution is 6.24. The summed E-state index contributed by atoms with van der Waals surface area (Å²) in [5.74, 6) is 0.636. The van der Waals surface area contributed by atoms with E-state index < -0.39 is 6.10 Å². The van der Waals surface area contributed by atoms with Crippen LogP contribution in [-0.2, 0) is 14.3 Å². The van der Waals surface area contributed by atoms with Gasteiger partial charge >= 0.3 is 5.97 Å². The summed E-state index contributed by atoms with van der Waals surface area (Å²) in [4.78, 5) is 11.3. The van der Waals surface area contributed by atoms with Gasteiger partial charge in [0.2, 0.25) is 0 Å². The Morgan fingerprint density at radius 1 is 1.12 bits per heavy atom. The Balaban J connectivity index is 1.94. The molecule has 192 valence electrons. The molecule has 1 aromatic rings. The van der Waals surface area contributed by atoms with Gasteiger partial charge in [0.15, 0.2) is 0 Å². The molecule has 2 aliphatic rings. The fourth-order valence-electron chi connectivity index (χ4n) is 7.47. The van der Waals surface area contributed by atoms with E-state index >= 15 is 0 Å². The van der Waals surface area contributed by atoms with Crippen molar-refractivity contribution in [3.8, 4) is 0 Å². The third-order valence-electron chi connectivity index (χ3n) is 9.09. The van der Waals surface area contributed by atoms with E-state index in [0.29, 0.717) is 24.9 Å². The fourth-order valence-corrected chi connectivity index (χ4v) is 7.89. The third kappa shape index (κ3) is 5.65. The maximum Gasteiger partial charge on any atom is 0.302 e. The first-order valence-electron chi connectivity index (χ1n) is 13.0. The third-order valence-corrected chi connectivity index (χ3v) is 9.54. The van der Waals surface area contributed by atoms with E-state index in [0.717, 1.165) is 25.7 Å². The predicted octanol–water partition coefficient (Wildman–Crippen LogP) is 6.93. The van der Waals surface area contributed by atoms with Crippen LogP contribution in [0.2, 0.25) is 0 Å². The number of hydrogen-bond acceptors (Lipinski definition) is 4. The van der Waals surface area contributed by atoms with E-state index in [1.54, 1.807) is 0 Å². The second kappa shape index (κ2) is 10.5. The summed E-state index contributed by atoms with van der Waals surface area (Å²) in [5, 5.41) is 9.95. The summed E-state index contributed by atoms with van der Waals surface area (Å²) in [5.41, 5.74) is 1.19. The number of halogens is 1. The van der Waals surface area contributed by atoms with Crippen LogP contribution in [0.5, 0.6) is 0 Å². The summed E-state index contributed by atoms with van der Waals surface area (Å²) in [6.45, 7) is 15.0. The molecular formula is C29H45ClO4. The number of rotatable bonds is 8. The summed E-state index contributed by atoms with van der Waals surface area (Å²) >= 11 is 7.10. The molecule has 2 aliphatic carbocycles. The molecule has 1 N–H and O–H groups in total. The number of aliphatic hydroxyl groups is 1. The van der Waals surface area contributed by atoms with E-state index in [1.807, 2.05) is 13.0 Å². The molecule has 0 heterocycles. The van der Waals surface area contributed by atoms with Gasteiger partial charge in [0, 0.05) is 17.7 Å². The van der Waals surface area contributed by atoms with Gasteiger partial charge in [-0.05, 0) is 81.1 Å². The van der Waals surface area contributed by atoms with Crippen LogP contribution in [0.25, 0.3) is 0 Å². The second-order valence-electron chi connectivity index (χ2n) is 12.1. The van der Waals surface area contributed by atoms with E-state index in [4.69, 9.17) is 21.1 Å². The smallest absolute Gasteiger partial charge is 0.302 e. The molecule has 8 atom stereocenters. The Morgan fingerprint density at radius 2 is 1.76 bits per heavy atom. The molecule has 1 aromatic carbocycles. The van der Waals surface area contributed by atoms with Crippen LogP contribution in [0.1, 0.15) is 92.2 Å². The van der Waals surface area contributed by atoms with Gasteiger partial charge in [-0.25, -0.2) is 0 Å². The van der Waals surface area contributed by atoms with Gasteiger partial charge in [0.25, 0.3) is 0 Å². The number of benzene rings is 1. The number of hydrogen-bond donors (Lipinski definition) is 1. The molecule has 5 heteroatoms. The molecule has 0 aliphatic heterocycles. The normalized spacial score (nSPS) is 35.6. The molecule has 4 nitrogen and oxygen atoms in total. The second-order valence-corrected chi connectivity index (χ2v) is 12.9. The van der Waals surface area contributed by atoms with Crippen molar-refractivity contribution in [2.24, 2.45) is 28.6 Å². The first kappa shape index (κ1) is 27.5. The van der Waals surface area contributed by atoms with Crippen LogP contribution in [0, 0.1) is 28.6 Å². The van der Waals surface area contributed by atoms with Crippen LogP contribution in [0.3, 0.4) is 0 Å². The van der Waals surface area contributed by atoms with Crippen molar-refractivity contribution in [2.75, 3.05) is 6.61 Å². The van der Waals surface area contributed by atoms with Crippen molar-refractivity contribution < 1.29 is 19.4 Å². The Morgan fingerprint density at radius 3 is 2.35 bits per heavy atom. The topological polar surface area (TPSA) is 55.8 Å². The Kier molecular flexibility index (Phi) is 8.48. The number of aliphatic hydroxyl groups excluding tert-OH is 1. The highest BCUT2D eigenvalue weighted by atomic mass is 35.5. The predicted molar refractivity (Wildman–Crippen MR) is 138 cm³/mol. The molecule has 3 rings (SSSR count). The van der Waals surface area contributed by atoms with E-state index in [2.05, 4.69) is 58.9 Å². The van der Waals surface area contributed by atoms with Gasteiger partial charge in [-0.2, -0.15) is 0 Å². The number of carbonyl (C=O) groups excluding carboxylic acids is 1. The van der Waals surface area contributed by atoms with E-state index in [-0.39, 0.29) is 39.8 Å². The molecule has 2 saturated carbocycles. The van der Waals surface area contributed by atoms with Crippen molar-refractivity contribution in [2.45, 2.75) is 104 Å². The number of fused-ring (bicyclic) bond motifs is 1. The highest BCUT2D eigenvalue weighted by Gasteiger charge is 2.61. The van der Waals surface area contributed by atoms with Gasteiger partial charge in [0.05, 0.1) is 24.9 Å². The van der Waals surface area contributed by atoms with Crippen molar-refractivity contribution in [3.63, 3.8) is 0 Å². The van der Waals surface area contributed by atoms with Crippen LogP contribution in [0.4, 0.5) is 0 Å². The average Bonchev–Trinajstić information content (AvgIpc) is 2.71. The number of carbonyl (C=O) groups is 1. The van der Waals surface area contributed by atoms with Crippen molar-refractivity contribution in [3.05, 3.63) is 35.9 Å². The highest BCUT2D eigenvalue weighted by Crippen LogP contribution is 2.66. The maximum atomic E-state index is 11.7. The van der Waals surface area contributed by atoms with Crippen molar-refractivity contribution in [1.82, 2.24) is 0 Å². The summed E-state index contributed by atoms with van der Waals surface area (Å²) in [6.07, 6.45) is 4.16. The van der Waals surface area contributed by atoms with Crippen molar-refractivity contribution >= 4 is 17.6 Å². The maximum absolute atomic E-state index is 11.7.